The van der Waals surface area contributed by atoms with Crippen LogP contribution < -0.4 is 5.32 Å². The number of alkyl halides is 1. The van der Waals surface area contributed by atoms with E-state index in [4.69, 9.17) is 0 Å². The first-order chi connectivity index (χ1) is 8.47. The van der Waals surface area contributed by atoms with E-state index in [2.05, 4.69) is 10.1 Å². The number of nitrogens with one attached hydrogen (secondary N) is 1. The van der Waals surface area contributed by atoms with E-state index >= 15 is 0 Å². The van der Waals surface area contributed by atoms with Crippen LogP contribution in [0.25, 0.3) is 0 Å². The van der Waals surface area contributed by atoms with Crippen LogP contribution in [0.1, 0.15) is 10.4 Å². The SMILES string of the molecule is COC(=O)C(I)CNC(=O)c1cccc(F)c1F. The third-order valence-corrected chi connectivity index (χ3v) is 3.04. The Morgan fingerprint density at radius 2 is 2.11 bits per heavy atom. The first kappa shape index (κ1) is 14.8. The van der Waals surface area contributed by atoms with Gasteiger partial charge >= 0.3 is 5.97 Å². The molecule has 98 valence electrons. The first-order valence-corrected chi connectivity index (χ1v) is 6.16. The molecule has 0 aliphatic rings. The Kier molecular flexibility index (Phi) is 5.45. The molecule has 1 amide bonds. The summed E-state index contributed by atoms with van der Waals surface area (Å²) in [5, 5.41) is 2.33. The molecule has 1 aromatic rings. The molecule has 0 fully saturated rings. The fraction of sp³-hybridized carbons (Fsp3) is 0.273. The van der Waals surface area contributed by atoms with Crippen molar-refractivity contribution in [2.45, 2.75) is 3.92 Å². The van der Waals surface area contributed by atoms with Gasteiger partial charge in [0, 0.05) is 6.54 Å². The van der Waals surface area contributed by atoms with Crippen molar-refractivity contribution in [1.82, 2.24) is 5.32 Å². The smallest absolute Gasteiger partial charge is 0.320 e. The summed E-state index contributed by atoms with van der Waals surface area (Å²) in [5.74, 6) is -3.59. The molecule has 0 aromatic heterocycles. The molecule has 0 aliphatic heterocycles. The van der Waals surface area contributed by atoms with E-state index in [9.17, 15) is 18.4 Å². The normalized spacial score (nSPS) is 11.8. The van der Waals surface area contributed by atoms with Crippen LogP contribution in [-0.2, 0) is 9.53 Å². The predicted octanol–water partition coefficient (Wildman–Crippen LogP) is 1.67. The summed E-state index contributed by atoms with van der Waals surface area (Å²) in [4.78, 5) is 22.6. The number of halogens is 3. The molecule has 0 saturated heterocycles. The van der Waals surface area contributed by atoms with Gasteiger partial charge in [0.25, 0.3) is 5.91 Å². The summed E-state index contributed by atoms with van der Waals surface area (Å²) < 4.78 is 30.0. The van der Waals surface area contributed by atoms with E-state index in [1.807, 2.05) is 0 Å². The number of carbonyl (C=O) groups is 2. The van der Waals surface area contributed by atoms with Gasteiger partial charge < -0.3 is 10.1 Å². The maximum atomic E-state index is 13.3. The lowest BCUT2D eigenvalue weighted by atomic mass is 10.2. The number of hydrogen-bond acceptors (Lipinski definition) is 3. The molecule has 1 rings (SSSR count). The Bertz CT molecular complexity index is 468. The maximum absolute atomic E-state index is 13.3. The van der Waals surface area contributed by atoms with Gasteiger partial charge in [-0.3, -0.25) is 9.59 Å². The Morgan fingerprint density at radius 3 is 2.72 bits per heavy atom. The van der Waals surface area contributed by atoms with Crippen LogP contribution in [-0.4, -0.2) is 29.5 Å². The van der Waals surface area contributed by atoms with Gasteiger partial charge in [-0.15, -0.1) is 0 Å². The third-order valence-electron chi connectivity index (χ3n) is 2.09. The molecule has 4 nitrogen and oxygen atoms in total. The topological polar surface area (TPSA) is 55.4 Å². The van der Waals surface area contributed by atoms with Crippen molar-refractivity contribution in [1.29, 1.82) is 0 Å². The molecule has 0 radical (unpaired) electrons. The lowest BCUT2D eigenvalue weighted by Gasteiger charge is -2.09. The second kappa shape index (κ2) is 6.62. The summed E-state index contributed by atoms with van der Waals surface area (Å²) in [6, 6.07) is 3.31. The first-order valence-electron chi connectivity index (χ1n) is 4.91. The van der Waals surface area contributed by atoms with Crippen LogP contribution in [0.4, 0.5) is 8.78 Å². The number of esters is 1. The number of methoxy groups -OCH3 is 1. The van der Waals surface area contributed by atoms with E-state index in [0.717, 1.165) is 12.1 Å². The predicted molar refractivity (Wildman–Crippen MR) is 68.5 cm³/mol. The monoisotopic (exact) mass is 369 g/mol. The van der Waals surface area contributed by atoms with Crippen LogP contribution in [0.3, 0.4) is 0 Å². The Hall–Kier alpha value is -1.25. The summed E-state index contributed by atoms with van der Waals surface area (Å²) in [6.45, 7) is -0.0258. The Morgan fingerprint density at radius 1 is 1.44 bits per heavy atom. The largest absolute Gasteiger partial charge is 0.468 e. The Balaban J connectivity index is 2.66. The summed E-state index contributed by atoms with van der Waals surface area (Å²) in [6.07, 6.45) is 0. The van der Waals surface area contributed by atoms with E-state index in [-0.39, 0.29) is 6.54 Å². The molecule has 0 heterocycles. The van der Waals surface area contributed by atoms with E-state index in [1.54, 1.807) is 22.6 Å². The minimum Gasteiger partial charge on any atom is -0.468 e. The van der Waals surface area contributed by atoms with Gasteiger partial charge in [-0.05, 0) is 12.1 Å². The van der Waals surface area contributed by atoms with Crippen LogP contribution in [0.2, 0.25) is 0 Å². The molecule has 0 saturated carbocycles. The zero-order valence-corrected chi connectivity index (χ0v) is 11.5. The van der Waals surface area contributed by atoms with Gasteiger partial charge in [0.05, 0.1) is 12.7 Å². The van der Waals surface area contributed by atoms with Gasteiger partial charge in [0.2, 0.25) is 0 Å². The molecule has 0 bridgehead atoms. The van der Waals surface area contributed by atoms with Gasteiger partial charge in [-0.25, -0.2) is 8.78 Å². The minimum absolute atomic E-state index is 0.0258. The molecular formula is C11H10F2INO3. The molecule has 1 aromatic carbocycles. The Labute approximate surface area is 116 Å². The average molecular weight is 369 g/mol. The van der Waals surface area contributed by atoms with Crippen molar-refractivity contribution >= 4 is 34.5 Å². The molecular weight excluding hydrogens is 359 g/mol. The van der Waals surface area contributed by atoms with E-state index in [1.165, 1.54) is 13.2 Å². The van der Waals surface area contributed by atoms with Gasteiger partial charge in [0.1, 0.15) is 3.92 Å². The molecule has 7 heteroatoms. The molecule has 0 spiro atoms. The highest BCUT2D eigenvalue weighted by molar-refractivity contribution is 14.1. The minimum atomic E-state index is -1.21. The van der Waals surface area contributed by atoms with Crippen molar-refractivity contribution in [3.05, 3.63) is 35.4 Å². The van der Waals surface area contributed by atoms with Crippen LogP contribution in [0.5, 0.6) is 0 Å². The summed E-state index contributed by atoms with van der Waals surface area (Å²) in [7, 11) is 1.22. The highest BCUT2D eigenvalue weighted by atomic mass is 127. The fourth-order valence-corrected chi connectivity index (χ4v) is 1.64. The van der Waals surface area contributed by atoms with Crippen LogP contribution in [0, 0.1) is 11.6 Å². The second-order valence-electron chi connectivity index (χ2n) is 3.30. The van der Waals surface area contributed by atoms with E-state index in [0.29, 0.717) is 0 Å². The fourth-order valence-electron chi connectivity index (χ4n) is 1.17. The quantitative estimate of drug-likeness (QED) is 0.499. The molecule has 1 atom stereocenters. The van der Waals surface area contributed by atoms with Crippen LogP contribution >= 0.6 is 22.6 Å². The molecule has 18 heavy (non-hydrogen) atoms. The highest BCUT2D eigenvalue weighted by Gasteiger charge is 2.19. The summed E-state index contributed by atoms with van der Waals surface area (Å²) in [5.41, 5.74) is -0.400. The lowest BCUT2D eigenvalue weighted by Crippen LogP contribution is -2.34. The number of ether oxygens (including phenoxy) is 1. The lowest BCUT2D eigenvalue weighted by molar-refractivity contribution is -0.139. The van der Waals surface area contributed by atoms with Crippen molar-refractivity contribution < 1.29 is 23.1 Å². The van der Waals surface area contributed by atoms with Crippen molar-refractivity contribution in [3.8, 4) is 0 Å². The van der Waals surface area contributed by atoms with E-state index < -0.39 is 33.0 Å². The maximum Gasteiger partial charge on any atom is 0.320 e. The average Bonchev–Trinajstić information content (AvgIpc) is 2.37. The number of amides is 1. The number of hydrogen-bond donors (Lipinski definition) is 1. The molecule has 1 unspecified atom stereocenters. The van der Waals surface area contributed by atoms with Gasteiger partial charge in [-0.2, -0.15) is 0 Å². The molecule has 1 N–H and O–H groups in total. The van der Waals surface area contributed by atoms with Gasteiger partial charge in [-0.1, -0.05) is 28.7 Å². The van der Waals surface area contributed by atoms with Crippen molar-refractivity contribution in [2.75, 3.05) is 13.7 Å². The number of rotatable bonds is 4. The number of benzene rings is 1. The highest BCUT2D eigenvalue weighted by Crippen LogP contribution is 2.11. The molecule has 0 aliphatic carbocycles. The standard InChI is InChI=1S/C11H10F2INO3/c1-18-11(17)8(14)5-15-10(16)6-3-2-4-7(12)9(6)13/h2-4,8H,5H2,1H3,(H,15,16). The zero-order chi connectivity index (χ0) is 13.7. The second-order valence-corrected chi connectivity index (χ2v) is 4.81. The van der Waals surface area contributed by atoms with Crippen molar-refractivity contribution in [3.63, 3.8) is 0 Å². The summed E-state index contributed by atoms with van der Waals surface area (Å²) >= 11 is 1.78. The zero-order valence-electron chi connectivity index (χ0n) is 9.38. The van der Waals surface area contributed by atoms with Crippen LogP contribution in [0.15, 0.2) is 18.2 Å². The van der Waals surface area contributed by atoms with Gasteiger partial charge in [0.15, 0.2) is 11.6 Å². The van der Waals surface area contributed by atoms with Crippen molar-refractivity contribution in [2.24, 2.45) is 0 Å². The number of carbonyl (C=O) groups excluding carboxylic acids is 2. The third kappa shape index (κ3) is 3.62.